The smallest absolute Gasteiger partial charge is 0.331 e. The molecule has 0 fully saturated rings. The molecule has 0 bridgehead atoms. The van der Waals surface area contributed by atoms with Crippen molar-refractivity contribution in [1.82, 2.24) is 0 Å². The van der Waals surface area contributed by atoms with Crippen molar-refractivity contribution in [3.63, 3.8) is 0 Å². The van der Waals surface area contributed by atoms with Crippen LogP contribution >= 0.6 is 11.6 Å². The van der Waals surface area contributed by atoms with Crippen LogP contribution in [0.4, 0.5) is 0 Å². The molecule has 0 radical (unpaired) electrons. The second-order valence-electron chi connectivity index (χ2n) is 1.39. The zero-order chi connectivity index (χ0) is 10.1. The Morgan fingerprint density at radius 2 is 1.83 bits per heavy atom. The van der Waals surface area contributed by atoms with E-state index in [0.29, 0.717) is 0 Å². The molecule has 0 aromatic heterocycles. The highest BCUT2D eigenvalue weighted by atomic mass is 35.5. The SMILES string of the molecule is C=COC(C)=O.OC(O)=C(O)Cl. The summed E-state index contributed by atoms with van der Waals surface area (Å²) in [6.45, 7) is 4.48. The van der Waals surface area contributed by atoms with Crippen LogP contribution in [0.15, 0.2) is 24.0 Å². The summed E-state index contributed by atoms with van der Waals surface area (Å²) < 4.78 is 4.17. The Kier molecular flexibility index (Phi) is 8.55. The molecule has 0 atom stereocenters. The van der Waals surface area contributed by atoms with Gasteiger partial charge in [0.2, 0.25) is 0 Å². The van der Waals surface area contributed by atoms with Crippen LogP contribution in [-0.2, 0) is 9.53 Å². The second-order valence-corrected chi connectivity index (χ2v) is 1.75. The third-order valence-electron chi connectivity index (χ3n) is 0.434. The highest BCUT2D eigenvalue weighted by Gasteiger charge is 1.90. The fourth-order valence-electron chi connectivity index (χ4n) is 0.117. The fraction of sp³-hybridized carbons (Fsp3) is 0.167. The number of hydrogen-bond acceptors (Lipinski definition) is 5. The first kappa shape index (κ1) is 13.2. The van der Waals surface area contributed by atoms with Gasteiger partial charge in [-0.05, 0) is 11.6 Å². The average Bonchev–Trinajstić information content (AvgIpc) is 1.87. The molecule has 0 saturated heterocycles. The maximum absolute atomic E-state index is 9.75. The molecule has 0 rings (SSSR count). The Morgan fingerprint density at radius 3 is 1.83 bits per heavy atom. The minimum Gasteiger partial charge on any atom is -0.494 e. The molecule has 3 N–H and O–H groups in total. The molecule has 6 heteroatoms. The molecule has 0 spiro atoms. The Labute approximate surface area is 74.2 Å². The first-order valence-corrected chi connectivity index (χ1v) is 3.04. The molecular formula is C6H9ClO5. The van der Waals surface area contributed by atoms with E-state index in [2.05, 4.69) is 22.9 Å². The molecule has 70 valence electrons. The van der Waals surface area contributed by atoms with Crippen molar-refractivity contribution in [2.45, 2.75) is 6.92 Å². The fourth-order valence-corrected chi connectivity index (χ4v) is 0.117. The van der Waals surface area contributed by atoms with Crippen LogP contribution in [0.1, 0.15) is 6.92 Å². The highest BCUT2D eigenvalue weighted by molar-refractivity contribution is 6.28. The van der Waals surface area contributed by atoms with Crippen molar-refractivity contribution in [2.75, 3.05) is 0 Å². The molecule has 12 heavy (non-hydrogen) atoms. The number of halogens is 1. The number of aliphatic hydroxyl groups excluding tert-OH is 2. The van der Waals surface area contributed by atoms with Gasteiger partial charge in [0.05, 0.1) is 6.26 Å². The molecule has 0 aliphatic heterocycles. The van der Waals surface area contributed by atoms with Crippen LogP contribution in [0, 0.1) is 0 Å². The van der Waals surface area contributed by atoms with Gasteiger partial charge in [0, 0.05) is 6.92 Å². The van der Waals surface area contributed by atoms with Crippen LogP contribution in [0.5, 0.6) is 0 Å². The van der Waals surface area contributed by atoms with Crippen LogP contribution in [0.2, 0.25) is 0 Å². The number of carbonyl (C=O) groups is 1. The van der Waals surface area contributed by atoms with Gasteiger partial charge in [-0.2, -0.15) is 0 Å². The van der Waals surface area contributed by atoms with E-state index in [-0.39, 0.29) is 5.97 Å². The van der Waals surface area contributed by atoms with E-state index in [9.17, 15) is 4.79 Å². The van der Waals surface area contributed by atoms with Gasteiger partial charge in [0.25, 0.3) is 5.22 Å². The predicted molar refractivity (Wildman–Crippen MR) is 42.7 cm³/mol. The van der Waals surface area contributed by atoms with Crippen molar-refractivity contribution >= 4 is 17.6 Å². The van der Waals surface area contributed by atoms with Crippen LogP contribution in [0.3, 0.4) is 0 Å². The number of aliphatic hydroxyl groups is 3. The Balaban J connectivity index is 0. The standard InChI is InChI=1S/C4H6O2.C2H3ClO3/c1-3-6-4(2)5;3-1(4)2(5)6/h3H,1H2,2H3;4-6H. The lowest BCUT2D eigenvalue weighted by Gasteiger charge is -1.83. The minimum absolute atomic E-state index is 0.329. The van der Waals surface area contributed by atoms with Gasteiger partial charge in [0.15, 0.2) is 0 Å². The molecule has 0 unspecified atom stereocenters. The van der Waals surface area contributed by atoms with Crippen LogP contribution in [0.25, 0.3) is 0 Å². The van der Waals surface area contributed by atoms with Crippen molar-refractivity contribution < 1.29 is 24.9 Å². The molecule has 0 aromatic rings. The Morgan fingerprint density at radius 1 is 1.50 bits per heavy atom. The summed E-state index contributed by atoms with van der Waals surface area (Å²) in [5, 5.41) is 22.1. The minimum atomic E-state index is -1.25. The van der Waals surface area contributed by atoms with E-state index in [1.807, 2.05) is 0 Å². The first-order chi connectivity index (χ1) is 5.41. The summed E-state index contributed by atoms with van der Waals surface area (Å²) in [6.07, 6.45) is 1.10. The van der Waals surface area contributed by atoms with Crippen LogP contribution < -0.4 is 0 Å². The lowest BCUT2D eigenvalue weighted by molar-refractivity contribution is -0.135. The van der Waals surface area contributed by atoms with Gasteiger partial charge in [-0.3, -0.25) is 4.79 Å². The number of esters is 1. The Bertz CT molecular complexity index is 168. The van der Waals surface area contributed by atoms with E-state index in [1.165, 1.54) is 6.92 Å². The molecule has 0 aliphatic rings. The highest BCUT2D eigenvalue weighted by Crippen LogP contribution is 1.95. The van der Waals surface area contributed by atoms with Gasteiger partial charge >= 0.3 is 11.9 Å². The summed E-state index contributed by atoms with van der Waals surface area (Å²) in [4.78, 5) is 9.75. The van der Waals surface area contributed by atoms with Gasteiger partial charge in [0.1, 0.15) is 0 Å². The maximum Gasteiger partial charge on any atom is 0.331 e. The average molecular weight is 197 g/mol. The normalized spacial score (nSPS) is 7.17. The number of rotatable bonds is 1. The summed E-state index contributed by atoms with van der Waals surface area (Å²) in [7, 11) is 0. The van der Waals surface area contributed by atoms with E-state index < -0.39 is 11.2 Å². The van der Waals surface area contributed by atoms with Crippen molar-refractivity contribution in [1.29, 1.82) is 0 Å². The molecule has 0 saturated carbocycles. The van der Waals surface area contributed by atoms with E-state index in [1.54, 1.807) is 0 Å². The molecular weight excluding hydrogens is 188 g/mol. The maximum atomic E-state index is 9.75. The van der Waals surface area contributed by atoms with Gasteiger partial charge in [-0.25, -0.2) is 0 Å². The monoisotopic (exact) mass is 196 g/mol. The van der Waals surface area contributed by atoms with Gasteiger partial charge in [-0.1, -0.05) is 6.58 Å². The van der Waals surface area contributed by atoms with E-state index >= 15 is 0 Å². The van der Waals surface area contributed by atoms with Gasteiger partial charge < -0.3 is 20.1 Å². The zero-order valence-corrected chi connectivity index (χ0v) is 7.08. The second kappa shape index (κ2) is 7.74. The molecule has 0 aromatic carbocycles. The molecule has 5 nitrogen and oxygen atoms in total. The lowest BCUT2D eigenvalue weighted by atomic mass is 10.8. The number of ether oxygens (including phenoxy) is 1. The van der Waals surface area contributed by atoms with Crippen molar-refractivity contribution in [2.24, 2.45) is 0 Å². The summed E-state index contributed by atoms with van der Waals surface area (Å²) in [5.41, 5.74) is 0. The summed E-state index contributed by atoms with van der Waals surface area (Å²) in [5.74, 6) is -1.58. The van der Waals surface area contributed by atoms with Crippen molar-refractivity contribution in [3.8, 4) is 0 Å². The third-order valence-corrected chi connectivity index (χ3v) is 0.603. The lowest BCUT2D eigenvalue weighted by Crippen LogP contribution is -1.87. The molecule has 0 amide bonds. The summed E-state index contributed by atoms with van der Waals surface area (Å²) in [6, 6.07) is 0. The van der Waals surface area contributed by atoms with Gasteiger partial charge in [-0.15, -0.1) is 0 Å². The Hall–Kier alpha value is -1.36. The zero-order valence-electron chi connectivity index (χ0n) is 6.32. The summed E-state index contributed by atoms with van der Waals surface area (Å²) >= 11 is 4.55. The van der Waals surface area contributed by atoms with Crippen LogP contribution in [-0.4, -0.2) is 21.3 Å². The van der Waals surface area contributed by atoms with E-state index in [0.717, 1.165) is 6.26 Å². The quantitative estimate of drug-likeness (QED) is 0.439. The first-order valence-electron chi connectivity index (χ1n) is 2.66. The van der Waals surface area contributed by atoms with Crippen molar-refractivity contribution in [3.05, 3.63) is 24.0 Å². The predicted octanol–water partition coefficient (Wildman–Crippen LogP) is 1.72. The third kappa shape index (κ3) is 15.9. The molecule has 0 aliphatic carbocycles. The molecule has 0 heterocycles. The largest absolute Gasteiger partial charge is 0.494 e. The topological polar surface area (TPSA) is 87.0 Å². The van der Waals surface area contributed by atoms with E-state index in [4.69, 9.17) is 15.3 Å². The number of hydrogen-bond donors (Lipinski definition) is 3. The number of carbonyl (C=O) groups excluding carboxylic acids is 1.